The molecular weight excluding hydrogens is 316 g/mol. The maximum atomic E-state index is 12.2. The van der Waals surface area contributed by atoms with E-state index in [0.29, 0.717) is 10.6 Å². The first-order chi connectivity index (χ1) is 11.5. The lowest BCUT2D eigenvalue weighted by molar-refractivity contribution is -0.0584. The van der Waals surface area contributed by atoms with E-state index < -0.39 is 23.5 Å². The molecule has 1 aliphatic heterocycles. The molecule has 3 aromatic rings. The number of imide groups is 1. The molecule has 0 fully saturated rings. The molecule has 24 heavy (non-hydrogen) atoms. The van der Waals surface area contributed by atoms with Crippen LogP contribution in [-0.4, -0.2) is 27.8 Å². The van der Waals surface area contributed by atoms with Gasteiger partial charge in [0.1, 0.15) is 0 Å². The Hall–Kier alpha value is -3.68. The molecule has 0 saturated carbocycles. The molecule has 8 nitrogen and oxygen atoms in total. The molecular formula is C16H8N2O6. The molecule has 0 aliphatic carbocycles. The average Bonchev–Trinajstić information content (AvgIpc) is 3.07. The van der Waals surface area contributed by atoms with Crippen molar-refractivity contribution < 1.29 is 23.6 Å². The summed E-state index contributed by atoms with van der Waals surface area (Å²) in [7, 11) is 0. The lowest BCUT2D eigenvalue weighted by Gasteiger charge is -2.12. The number of hydrogen-bond acceptors (Lipinski definition) is 6. The van der Waals surface area contributed by atoms with Gasteiger partial charge in [-0.15, -0.1) is 0 Å². The number of aromatic nitrogens is 1. The highest BCUT2D eigenvalue weighted by atomic mass is 16.7. The molecule has 1 aliphatic rings. The van der Waals surface area contributed by atoms with Crippen LogP contribution in [-0.2, 0) is 4.84 Å². The Morgan fingerprint density at radius 3 is 2.33 bits per heavy atom. The van der Waals surface area contributed by atoms with Crippen molar-refractivity contribution in [3.05, 3.63) is 69.7 Å². The van der Waals surface area contributed by atoms with Gasteiger partial charge in [0.15, 0.2) is 5.58 Å². The third-order valence-electron chi connectivity index (χ3n) is 3.59. The van der Waals surface area contributed by atoms with Crippen LogP contribution in [0.5, 0.6) is 0 Å². The highest BCUT2D eigenvalue weighted by Crippen LogP contribution is 2.23. The maximum absolute atomic E-state index is 12.2. The van der Waals surface area contributed by atoms with E-state index in [1.165, 1.54) is 30.3 Å². The molecule has 2 heterocycles. The minimum atomic E-state index is -0.921. The Morgan fingerprint density at radius 2 is 1.67 bits per heavy atom. The first kappa shape index (κ1) is 13.9. The number of hydrogen-bond donors (Lipinski definition) is 1. The number of oxazole rings is 1. The molecule has 0 saturated heterocycles. The predicted molar refractivity (Wildman–Crippen MR) is 79.2 cm³/mol. The monoisotopic (exact) mass is 324 g/mol. The summed E-state index contributed by atoms with van der Waals surface area (Å²) < 4.78 is 4.86. The number of carbonyl (C=O) groups is 3. The van der Waals surface area contributed by atoms with E-state index in [0.717, 1.165) is 0 Å². The first-order valence-electron chi connectivity index (χ1n) is 6.87. The van der Waals surface area contributed by atoms with Crippen LogP contribution in [0, 0.1) is 0 Å². The van der Waals surface area contributed by atoms with Crippen molar-refractivity contribution in [3.8, 4) is 0 Å². The van der Waals surface area contributed by atoms with Crippen LogP contribution in [0.1, 0.15) is 31.1 Å². The Kier molecular flexibility index (Phi) is 2.86. The van der Waals surface area contributed by atoms with Crippen molar-refractivity contribution in [2.45, 2.75) is 0 Å². The third kappa shape index (κ3) is 2.01. The van der Waals surface area contributed by atoms with E-state index in [4.69, 9.17) is 9.25 Å². The van der Waals surface area contributed by atoms with Gasteiger partial charge in [-0.25, -0.2) is 9.59 Å². The van der Waals surface area contributed by atoms with Crippen molar-refractivity contribution in [1.29, 1.82) is 0 Å². The second-order valence-corrected chi connectivity index (χ2v) is 5.05. The largest absolute Gasteiger partial charge is 0.417 e. The highest BCUT2D eigenvalue weighted by Gasteiger charge is 2.38. The van der Waals surface area contributed by atoms with Crippen LogP contribution < -0.4 is 5.76 Å². The number of amides is 2. The minimum Gasteiger partial charge on any atom is -0.408 e. The number of rotatable bonds is 2. The average molecular weight is 324 g/mol. The Labute approximate surface area is 133 Å². The van der Waals surface area contributed by atoms with E-state index in [9.17, 15) is 19.2 Å². The van der Waals surface area contributed by atoms with E-state index in [2.05, 4.69) is 4.98 Å². The summed E-state index contributed by atoms with van der Waals surface area (Å²) in [5.74, 6) is -3.00. The topological polar surface area (TPSA) is 110 Å². The van der Waals surface area contributed by atoms with Crippen LogP contribution >= 0.6 is 0 Å². The summed E-state index contributed by atoms with van der Waals surface area (Å²) in [6.07, 6.45) is 0. The number of H-pyrrole nitrogens is 1. The van der Waals surface area contributed by atoms with E-state index in [-0.39, 0.29) is 22.3 Å². The first-order valence-corrected chi connectivity index (χ1v) is 6.87. The fourth-order valence-electron chi connectivity index (χ4n) is 2.46. The Balaban J connectivity index is 1.63. The van der Waals surface area contributed by atoms with E-state index >= 15 is 0 Å². The molecule has 2 amide bonds. The van der Waals surface area contributed by atoms with Crippen LogP contribution in [0.2, 0.25) is 0 Å². The Morgan fingerprint density at radius 1 is 1.00 bits per heavy atom. The summed E-state index contributed by atoms with van der Waals surface area (Å²) in [4.78, 5) is 55.0. The zero-order valence-corrected chi connectivity index (χ0v) is 11.9. The molecule has 0 unspecified atom stereocenters. The summed E-state index contributed by atoms with van der Waals surface area (Å²) >= 11 is 0. The third-order valence-corrected chi connectivity index (χ3v) is 3.59. The fourth-order valence-corrected chi connectivity index (χ4v) is 2.46. The van der Waals surface area contributed by atoms with Crippen molar-refractivity contribution in [3.63, 3.8) is 0 Å². The highest BCUT2D eigenvalue weighted by molar-refractivity contribution is 6.21. The normalized spacial score (nSPS) is 13.4. The van der Waals surface area contributed by atoms with Crippen LogP contribution in [0.25, 0.3) is 11.1 Å². The lowest BCUT2D eigenvalue weighted by Crippen LogP contribution is -2.32. The number of fused-ring (bicyclic) bond motifs is 2. The zero-order chi connectivity index (χ0) is 16.8. The molecule has 0 bridgehead atoms. The van der Waals surface area contributed by atoms with Crippen LogP contribution in [0.3, 0.4) is 0 Å². The van der Waals surface area contributed by atoms with Gasteiger partial charge in [0.2, 0.25) is 0 Å². The fraction of sp³-hybridized carbons (Fsp3) is 0. The quantitative estimate of drug-likeness (QED) is 0.715. The summed E-state index contributed by atoms with van der Waals surface area (Å²) in [5, 5.41) is 0.421. The summed E-state index contributed by atoms with van der Waals surface area (Å²) in [6, 6.07) is 10.3. The smallest absolute Gasteiger partial charge is 0.408 e. The van der Waals surface area contributed by atoms with Crippen molar-refractivity contribution in [2.24, 2.45) is 0 Å². The van der Waals surface area contributed by atoms with Crippen LogP contribution in [0.4, 0.5) is 0 Å². The van der Waals surface area contributed by atoms with Crippen molar-refractivity contribution in [2.75, 3.05) is 0 Å². The summed E-state index contributed by atoms with van der Waals surface area (Å²) in [5.41, 5.74) is 0.945. The molecule has 0 spiro atoms. The van der Waals surface area contributed by atoms with Gasteiger partial charge in [-0.3, -0.25) is 14.6 Å². The molecule has 1 N–H and O–H groups in total. The van der Waals surface area contributed by atoms with Crippen molar-refractivity contribution in [1.82, 2.24) is 10.0 Å². The number of benzene rings is 2. The van der Waals surface area contributed by atoms with Gasteiger partial charge in [0, 0.05) is 0 Å². The standard InChI is InChI=1S/C16H8N2O6/c19-13-9-3-1-2-4-10(9)14(20)18(13)24-15(21)8-5-6-11-12(7-8)23-16(22)17-11/h1-7H,(H,17,22). The maximum Gasteiger partial charge on any atom is 0.417 e. The lowest BCUT2D eigenvalue weighted by atomic mass is 10.1. The van der Waals surface area contributed by atoms with Gasteiger partial charge < -0.3 is 9.25 Å². The molecule has 0 radical (unpaired) electrons. The number of carbonyl (C=O) groups excluding carboxylic acids is 3. The van der Waals surface area contributed by atoms with Gasteiger partial charge in [0.05, 0.1) is 22.2 Å². The van der Waals surface area contributed by atoms with Crippen molar-refractivity contribution >= 4 is 28.9 Å². The second-order valence-electron chi connectivity index (χ2n) is 5.05. The molecule has 0 atom stereocenters. The van der Waals surface area contributed by atoms with E-state index in [1.54, 1.807) is 12.1 Å². The predicted octanol–water partition coefficient (Wildman–Crippen LogP) is 1.49. The van der Waals surface area contributed by atoms with E-state index in [1.807, 2.05) is 0 Å². The van der Waals surface area contributed by atoms with Gasteiger partial charge >= 0.3 is 11.7 Å². The van der Waals surface area contributed by atoms with Gasteiger partial charge in [0.25, 0.3) is 11.8 Å². The summed E-state index contributed by atoms with van der Waals surface area (Å²) in [6.45, 7) is 0. The minimum absolute atomic E-state index is 0.0295. The van der Waals surface area contributed by atoms with Gasteiger partial charge in [-0.05, 0) is 30.3 Å². The number of nitrogens with one attached hydrogen (secondary N) is 1. The Bertz CT molecular complexity index is 1040. The number of aromatic amines is 1. The second kappa shape index (κ2) is 4.92. The molecule has 1 aromatic heterocycles. The SMILES string of the molecule is O=C(ON1C(=O)c2ccccc2C1=O)c1ccc2[nH]c(=O)oc2c1. The molecule has 8 heteroatoms. The van der Waals surface area contributed by atoms with Gasteiger partial charge in [-0.2, -0.15) is 0 Å². The molecule has 2 aromatic carbocycles. The zero-order valence-electron chi connectivity index (χ0n) is 11.9. The van der Waals surface area contributed by atoms with Gasteiger partial charge in [-0.1, -0.05) is 17.2 Å². The molecule has 118 valence electrons. The number of nitrogens with zero attached hydrogens (tertiary/aromatic N) is 1. The van der Waals surface area contributed by atoms with Crippen LogP contribution in [0.15, 0.2) is 51.7 Å². The molecule has 4 rings (SSSR count). The number of hydroxylamine groups is 2.